The van der Waals surface area contributed by atoms with E-state index < -0.39 is 0 Å². The number of rotatable bonds is 7. The van der Waals surface area contributed by atoms with Gasteiger partial charge in [-0.1, -0.05) is 30.3 Å². The summed E-state index contributed by atoms with van der Waals surface area (Å²) in [5, 5.41) is 0. The second-order valence-electron chi connectivity index (χ2n) is 6.27. The fourth-order valence-corrected chi connectivity index (χ4v) is 3.98. The Hall–Kier alpha value is -1.79. The highest BCUT2D eigenvalue weighted by Crippen LogP contribution is 2.38. The summed E-state index contributed by atoms with van der Waals surface area (Å²) in [4.78, 5) is 16.7. The van der Waals surface area contributed by atoms with Crippen molar-refractivity contribution in [2.45, 2.75) is 13.0 Å². The number of ether oxygens (including phenoxy) is 2. The van der Waals surface area contributed by atoms with Gasteiger partial charge in [-0.3, -0.25) is 0 Å². The second-order valence-corrected chi connectivity index (χ2v) is 7.26. The van der Waals surface area contributed by atoms with Crippen molar-refractivity contribution >= 4 is 17.7 Å². The van der Waals surface area contributed by atoms with Crippen LogP contribution in [0.1, 0.15) is 29.0 Å². The number of hydrogen-bond acceptors (Lipinski definition) is 5. The molecule has 1 aliphatic heterocycles. The summed E-state index contributed by atoms with van der Waals surface area (Å²) in [6, 6.07) is 10.1. The van der Waals surface area contributed by atoms with Crippen LogP contribution in [0.25, 0.3) is 0 Å². The first-order chi connectivity index (χ1) is 11.7. The first-order valence-electron chi connectivity index (χ1n) is 7.96. The van der Waals surface area contributed by atoms with Crippen LogP contribution >= 0.6 is 11.8 Å². The van der Waals surface area contributed by atoms with Gasteiger partial charge in [0.15, 0.2) is 0 Å². The highest BCUT2D eigenvalue weighted by Gasteiger charge is 2.39. The Morgan fingerprint density at radius 3 is 2.71 bits per heavy atom. The van der Waals surface area contributed by atoms with Gasteiger partial charge in [0, 0.05) is 24.0 Å². The zero-order valence-electron chi connectivity index (χ0n) is 14.0. The average molecular weight is 346 g/mol. The molecule has 1 atom stereocenters. The summed E-state index contributed by atoms with van der Waals surface area (Å²) in [6.07, 6.45) is 3.25. The van der Waals surface area contributed by atoms with Crippen LogP contribution in [0.4, 0.5) is 0 Å². The average Bonchev–Trinajstić information content (AvgIpc) is 3.06. The Labute approximate surface area is 146 Å². The third-order valence-electron chi connectivity index (χ3n) is 4.35. The van der Waals surface area contributed by atoms with Crippen LogP contribution in [-0.4, -0.2) is 47.3 Å². The van der Waals surface area contributed by atoms with E-state index in [-0.39, 0.29) is 17.4 Å². The van der Waals surface area contributed by atoms with Gasteiger partial charge in [-0.2, -0.15) is 11.8 Å². The molecule has 1 fully saturated rings. The zero-order valence-corrected chi connectivity index (χ0v) is 14.8. The van der Waals surface area contributed by atoms with E-state index in [1.165, 1.54) is 0 Å². The zero-order chi connectivity index (χ0) is 17.0. The first-order valence-corrected chi connectivity index (χ1v) is 9.11. The SMILES string of the molecule is COCC1(COC(=O)c2cncn2C(C)c2ccccc2)CSC1. The first kappa shape index (κ1) is 17.0. The predicted octanol–water partition coefficient (Wildman–Crippen LogP) is 3.03. The van der Waals surface area contributed by atoms with E-state index in [9.17, 15) is 4.79 Å². The van der Waals surface area contributed by atoms with E-state index in [2.05, 4.69) is 4.98 Å². The lowest BCUT2D eigenvalue weighted by Crippen LogP contribution is -2.44. The van der Waals surface area contributed by atoms with Gasteiger partial charge in [0.25, 0.3) is 0 Å². The van der Waals surface area contributed by atoms with Gasteiger partial charge in [-0.25, -0.2) is 9.78 Å². The lowest BCUT2D eigenvalue weighted by molar-refractivity contribution is 0.0123. The number of benzene rings is 1. The van der Waals surface area contributed by atoms with Crippen molar-refractivity contribution in [3.63, 3.8) is 0 Å². The van der Waals surface area contributed by atoms with E-state index in [1.807, 2.05) is 53.6 Å². The van der Waals surface area contributed by atoms with Gasteiger partial charge in [-0.05, 0) is 12.5 Å². The maximum Gasteiger partial charge on any atom is 0.356 e. The van der Waals surface area contributed by atoms with Gasteiger partial charge in [0.05, 0.1) is 25.2 Å². The molecule has 2 aromatic rings. The van der Waals surface area contributed by atoms with Gasteiger partial charge in [0.1, 0.15) is 12.3 Å². The standard InChI is InChI=1S/C18H22N2O3S/c1-14(15-6-4-3-5-7-15)20-13-19-8-16(20)17(21)23-10-18(9-22-2)11-24-12-18/h3-8,13-14H,9-12H2,1-2H3. The van der Waals surface area contributed by atoms with Crippen LogP contribution in [0.15, 0.2) is 42.9 Å². The summed E-state index contributed by atoms with van der Waals surface area (Å²) >= 11 is 1.85. The number of carbonyl (C=O) groups excluding carboxylic acids is 1. The maximum absolute atomic E-state index is 12.5. The number of aromatic nitrogens is 2. The maximum atomic E-state index is 12.5. The molecule has 1 saturated heterocycles. The summed E-state index contributed by atoms with van der Waals surface area (Å²) in [6.45, 7) is 3.05. The van der Waals surface area contributed by atoms with E-state index >= 15 is 0 Å². The lowest BCUT2D eigenvalue weighted by Gasteiger charge is -2.39. The number of nitrogens with zero attached hydrogens (tertiary/aromatic N) is 2. The number of methoxy groups -OCH3 is 1. The number of carbonyl (C=O) groups is 1. The quantitative estimate of drug-likeness (QED) is 0.721. The number of esters is 1. The third-order valence-corrected chi connectivity index (χ3v) is 5.98. The minimum Gasteiger partial charge on any atom is -0.460 e. The lowest BCUT2D eigenvalue weighted by atomic mass is 9.94. The Bertz CT molecular complexity index is 683. The smallest absolute Gasteiger partial charge is 0.356 e. The topological polar surface area (TPSA) is 53.4 Å². The molecule has 1 aliphatic rings. The molecule has 5 nitrogen and oxygen atoms in total. The Morgan fingerprint density at radius 2 is 2.08 bits per heavy atom. The van der Waals surface area contributed by atoms with E-state index in [0.29, 0.717) is 18.9 Å². The van der Waals surface area contributed by atoms with Gasteiger partial charge < -0.3 is 14.0 Å². The molecule has 1 unspecified atom stereocenters. The van der Waals surface area contributed by atoms with Crippen LogP contribution in [-0.2, 0) is 9.47 Å². The van der Waals surface area contributed by atoms with Gasteiger partial charge in [-0.15, -0.1) is 0 Å². The van der Waals surface area contributed by atoms with E-state index in [0.717, 1.165) is 17.1 Å². The molecule has 1 aromatic carbocycles. The van der Waals surface area contributed by atoms with Gasteiger partial charge >= 0.3 is 5.97 Å². The van der Waals surface area contributed by atoms with Crippen molar-refractivity contribution in [3.05, 3.63) is 54.1 Å². The molecule has 1 aromatic heterocycles. The molecule has 0 aliphatic carbocycles. The molecule has 2 heterocycles. The summed E-state index contributed by atoms with van der Waals surface area (Å²) in [5.74, 6) is 1.60. The highest BCUT2D eigenvalue weighted by atomic mass is 32.2. The second kappa shape index (κ2) is 7.40. The number of thioether (sulfide) groups is 1. The Balaban J connectivity index is 1.69. The summed E-state index contributed by atoms with van der Waals surface area (Å²) in [5.41, 5.74) is 1.56. The van der Waals surface area contributed by atoms with Crippen molar-refractivity contribution in [2.24, 2.45) is 5.41 Å². The van der Waals surface area contributed by atoms with E-state index in [4.69, 9.17) is 9.47 Å². The largest absolute Gasteiger partial charge is 0.460 e. The fourth-order valence-electron chi connectivity index (χ4n) is 2.86. The molecule has 128 valence electrons. The van der Waals surface area contributed by atoms with Crippen LogP contribution in [0.3, 0.4) is 0 Å². The Kier molecular flexibility index (Phi) is 5.26. The molecule has 6 heteroatoms. The molecule has 0 bridgehead atoms. The van der Waals surface area contributed by atoms with Crippen LogP contribution in [0, 0.1) is 5.41 Å². The molecular weight excluding hydrogens is 324 g/mol. The molecular formula is C18H22N2O3S. The summed E-state index contributed by atoms with van der Waals surface area (Å²) < 4.78 is 12.7. The molecule has 24 heavy (non-hydrogen) atoms. The van der Waals surface area contributed by atoms with Crippen molar-refractivity contribution in [2.75, 3.05) is 31.8 Å². The molecule has 0 amide bonds. The molecule has 0 saturated carbocycles. The Morgan fingerprint density at radius 1 is 1.33 bits per heavy atom. The molecule has 0 spiro atoms. The minimum atomic E-state index is -0.331. The summed E-state index contributed by atoms with van der Waals surface area (Å²) in [7, 11) is 1.68. The fraction of sp³-hybridized carbons (Fsp3) is 0.444. The molecule has 3 rings (SSSR count). The highest BCUT2D eigenvalue weighted by molar-refractivity contribution is 8.00. The normalized spacial score (nSPS) is 17.1. The number of hydrogen-bond donors (Lipinski definition) is 0. The van der Waals surface area contributed by atoms with Crippen LogP contribution in [0.2, 0.25) is 0 Å². The van der Waals surface area contributed by atoms with Crippen molar-refractivity contribution in [1.29, 1.82) is 0 Å². The molecule has 0 radical (unpaired) electrons. The van der Waals surface area contributed by atoms with Crippen LogP contribution < -0.4 is 0 Å². The van der Waals surface area contributed by atoms with Crippen LogP contribution in [0.5, 0.6) is 0 Å². The molecule has 0 N–H and O–H groups in total. The minimum absolute atomic E-state index is 0.0171. The predicted molar refractivity (Wildman–Crippen MR) is 94.4 cm³/mol. The van der Waals surface area contributed by atoms with Crippen molar-refractivity contribution < 1.29 is 14.3 Å². The number of imidazole rings is 1. The van der Waals surface area contributed by atoms with Gasteiger partial charge in [0.2, 0.25) is 0 Å². The third kappa shape index (κ3) is 3.49. The monoisotopic (exact) mass is 346 g/mol. The van der Waals surface area contributed by atoms with Crippen molar-refractivity contribution in [3.8, 4) is 0 Å². The van der Waals surface area contributed by atoms with E-state index in [1.54, 1.807) is 19.6 Å². The van der Waals surface area contributed by atoms with Crippen molar-refractivity contribution in [1.82, 2.24) is 9.55 Å².